The molecule has 3 aromatic rings. The van der Waals surface area contributed by atoms with Crippen molar-refractivity contribution in [3.63, 3.8) is 0 Å². The predicted molar refractivity (Wildman–Crippen MR) is 110 cm³/mol. The molecule has 0 radical (unpaired) electrons. The first-order valence-electron chi connectivity index (χ1n) is 9.79. The highest BCUT2D eigenvalue weighted by Crippen LogP contribution is 2.31. The Morgan fingerprint density at radius 3 is 2.80 bits per heavy atom. The van der Waals surface area contributed by atoms with Gasteiger partial charge in [0.2, 0.25) is 11.8 Å². The maximum absolute atomic E-state index is 13.0. The topological polar surface area (TPSA) is 101 Å². The van der Waals surface area contributed by atoms with E-state index in [2.05, 4.69) is 9.97 Å². The Morgan fingerprint density at radius 2 is 2.10 bits per heavy atom. The summed E-state index contributed by atoms with van der Waals surface area (Å²) in [4.78, 5) is 36.2. The molecule has 0 aliphatic carbocycles. The summed E-state index contributed by atoms with van der Waals surface area (Å²) in [6.45, 7) is 2.70. The van der Waals surface area contributed by atoms with E-state index < -0.39 is 12.1 Å². The highest BCUT2D eigenvalue weighted by Gasteiger charge is 2.37. The molecule has 30 heavy (non-hydrogen) atoms. The number of hydrogen-bond donors (Lipinski definition) is 1. The molecule has 1 saturated heterocycles. The van der Waals surface area contributed by atoms with Gasteiger partial charge in [-0.1, -0.05) is 13.0 Å². The Balaban J connectivity index is 1.60. The molecule has 156 valence electrons. The maximum atomic E-state index is 13.0. The second-order valence-electron chi connectivity index (χ2n) is 7.15. The molecule has 1 N–H and O–H groups in total. The average molecular weight is 409 g/mol. The Morgan fingerprint density at radius 1 is 1.27 bits per heavy atom. The number of carbonyl (C=O) groups excluding carboxylic acids is 1. The number of ether oxygens (including phenoxy) is 1. The van der Waals surface area contributed by atoms with Crippen LogP contribution in [0.3, 0.4) is 0 Å². The fraction of sp³-hybridized carbons (Fsp3) is 0.333. The standard InChI is InChI=1S/C21H23N5O4/c1-3-16-20(27)25(10-11-26(16)21(28)29)17-12-24(2)19-15(17)7-8-18(23-19)30-13-14-6-4-5-9-22-14/h4-9,12,16H,3,10-11,13H2,1-2H3,(H,28,29). The zero-order chi connectivity index (χ0) is 21.3. The third-order valence-electron chi connectivity index (χ3n) is 5.28. The van der Waals surface area contributed by atoms with E-state index >= 15 is 0 Å². The van der Waals surface area contributed by atoms with Crippen molar-refractivity contribution in [3.05, 3.63) is 48.4 Å². The number of amides is 2. The molecule has 4 rings (SSSR count). The molecule has 3 aromatic heterocycles. The van der Waals surface area contributed by atoms with Crippen LogP contribution in [0.2, 0.25) is 0 Å². The normalized spacial score (nSPS) is 16.9. The Bertz CT molecular complexity index is 1080. The molecule has 1 unspecified atom stereocenters. The zero-order valence-corrected chi connectivity index (χ0v) is 16.9. The van der Waals surface area contributed by atoms with Crippen molar-refractivity contribution >= 4 is 28.7 Å². The highest BCUT2D eigenvalue weighted by molar-refractivity contribution is 6.06. The SMILES string of the molecule is CCC1C(=O)N(c2cn(C)c3nc(OCc4ccccn4)ccc23)CCN1C(=O)O. The summed E-state index contributed by atoms with van der Waals surface area (Å²) < 4.78 is 7.61. The zero-order valence-electron chi connectivity index (χ0n) is 16.9. The Labute approximate surface area is 173 Å². The number of aryl methyl sites for hydroxylation is 1. The van der Waals surface area contributed by atoms with Crippen molar-refractivity contribution in [2.24, 2.45) is 7.05 Å². The monoisotopic (exact) mass is 409 g/mol. The third-order valence-corrected chi connectivity index (χ3v) is 5.28. The molecule has 9 heteroatoms. The van der Waals surface area contributed by atoms with Gasteiger partial charge in [-0.05, 0) is 24.6 Å². The van der Waals surface area contributed by atoms with Gasteiger partial charge in [0.15, 0.2) is 0 Å². The number of carboxylic acid groups (broad SMARTS) is 1. The number of aromatic nitrogens is 3. The van der Waals surface area contributed by atoms with E-state index in [4.69, 9.17) is 4.74 Å². The van der Waals surface area contributed by atoms with Crippen molar-refractivity contribution in [1.82, 2.24) is 19.4 Å². The summed E-state index contributed by atoms with van der Waals surface area (Å²) in [5.74, 6) is 0.253. The summed E-state index contributed by atoms with van der Waals surface area (Å²) in [5, 5.41) is 10.2. The molecule has 4 heterocycles. The van der Waals surface area contributed by atoms with E-state index in [-0.39, 0.29) is 12.5 Å². The average Bonchev–Trinajstić information content (AvgIpc) is 3.08. The molecule has 0 aromatic carbocycles. The number of fused-ring (bicyclic) bond motifs is 1. The minimum absolute atomic E-state index is 0.214. The quantitative estimate of drug-likeness (QED) is 0.695. The van der Waals surface area contributed by atoms with Gasteiger partial charge in [-0.25, -0.2) is 4.79 Å². The lowest BCUT2D eigenvalue weighted by atomic mass is 10.1. The summed E-state index contributed by atoms with van der Waals surface area (Å²) in [7, 11) is 1.86. The molecule has 2 amide bonds. The number of carbonyl (C=O) groups is 2. The first-order valence-corrected chi connectivity index (χ1v) is 9.79. The fourth-order valence-electron chi connectivity index (χ4n) is 3.79. The Hall–Kier alpha value is -3.62. The van der Waals surface area contributed by atoms with Crippen LogP contribution >= 0.6 is 0 Å². The number of piperazine rings is 1. The van der Waals surface area contributed by atoms with Crippen LogP contribution in [0, 0.1) is 0 Å². The van der Waals surface area contributed by atoms with Gasteiger partial charge in [0.25, 0.3) is 0 Å². The van der Waals surface area contributed by atoms with Gasteiger partial charge in [-0.3, -0.25) is 14.7 Å². The van der Waals surface area contributed by atoms with Crippen LogP contribution in [0.1, 0.15) is 19.0 Å². The van der Waals surface area contributed by atoms with Crippen LogP contribution in [0.5, 0.6) is 5.88 Å². The largest absolute Gasteiger partial charge is 0.471 e. The van der Waals surface area contributed by atoms with Gasteiger partial charge in [0.1, 0.15) is 18.3 Å². The molecule has 9 nitrogen and oxygen atoms in total. The minimum atomic E-state index is -1.07. The van der Waals surface area contributed by atoms with Crippen molar-refractivity contribution in [2.45, 2.75) is 26.0 Å². The minimum Gasteiger partial charge on any atom is -0.471 e. The van der Waals surface area contributed by atoms with E-state index in [1.165, 1.54) is 4.90 Å². The number of hydrogen-bond acceptors (Lipinski definition) is 5. The van der Waals surface area contributed by atoms with Gasteiger partial charge < -0.3 is 19.3 Å². The van der Waals surface area contributed by atoms with Gasteiger partial charge in [0.05, 0.1) is 11.4 Å². The molecule has 0 saturated carbocycles. The van der Waals surface area contributed by atoms with Gasteiger partial charge in [-0.2, -0.15) is 4.98 Å². The first-order chi connectivity index (χ1) is 14.5. The summed E-state index contributed by atoms with van der Waals surface area (Å²) in [6, 6.07) is 8.59. The number of pyridine rings is 2. The molecule has 1 aliphatic heterocycles. The molecule has 1 fully saturated rings. The summed E-state index contributed by atoms with van der Waals surface area (Å²) >= 11 is 0. The van der Waals surface area contributed by atoms with E-state index in [9.17, 15) is 14.7 Å². The second-order valence-corrected chi connectivity index (χ2v) is 7.15. The van der Waals surface area contributed by atoms with Crippen LogP contribution in [-0.2, 0) is 18.4 Å². The molecule has 1 aliphatic rings. The molecule has 1 atom stereocenters. The van der Waals surface area contributed by atoms with Crippen LogP contribution < -0.4 is 9.64 Å². The van der Waals surface area contributed by atoms with Gasteiger partial charge in [-0.15, -0.1) is 0 Å². The van der Waals surface area contributed by atoms with Gasteiger partial charge >= 0.3 is 6.09 Å². The van der Waals surface area contributed by atoms with E-state index in [0.717, 1.165) is 16.8 Å². The van der Waals surface area contributed by atoms with Gasteiger partial charge in [0, 0.05) is 44.0 Å². The van der Waals surface area contributed by atoms with Crippen LogP contribution in [0.15, 0.2) is 42.7 Å². The number of rotatable bonds is 5. The van der Waals surface area contributed by atoms with Crippen molar-refractivity contribution < 1.29 is 19.4 Å². The third kappa shape index (κ3) is 3.54. The molecular weight excluding hydrogens is 386 g/mol. The summed E-state index contributed by atoms with van der Waals surface area (Å²) in [6.07, 6.45) is 2.92. The number of nitrogens with zero attached hydrogens (tertiary/aromatic N) is 5. The first kappa shape index (κ1) is 19.7. The van der Waals surface area contributed by atoms with E-state index in [0.29, 0.717) is 31.1 Å². The second kappa shape index (κ2) is 8.02. The van der Waals surface area contributed by atoms with Crippen LogP contribution in [-0.4, -0.2) is 55.7 Å². The molecular formula is C21H23N5O4. The molecule has 0 bridgehead atoms. The smallest absolute Gasteiger partial charge is 0.408 e. The molecule has 0 spiro atoms. The number of anilines is 1. The van der Waals surface area contributed by atoms with E-state index in [1.54, 1.807) is 17.2 Å². The fourth-order valence-corrected chi connectivity index (χ4v) is 3.79. The van der Waals surface area contributed by atoms with Crippen molar-refractivity contribution in [2.75, 3.05) is 18.0 Å². The van der Waals surface area contributed by atoms with Crippen molar-refractivity contribution in [1.29, 1.82) is 0 Å². The summed E-state index contributed by atoms with van der Waals surface area (Å²) in [5.41, 5.74) is 2.22. The predicted octanol–water partition coefficient (Wildman–Crippen LogP) is 2.65. The highest BCUT2D eigenvalue weighted by atomic mass is 16.5. The van der Waals surface area contributed by atoms with E-state index in [1.807, 2.05) is 49.0 Å². The maximum Gasteiger partial charge on any atom is 0.408 e. The van der Waals surface area contributed by atoms with Crippen molar-refractivity contribution in [3.8, 4) is 5.88 Å². The van der Waals surface area contributed by atoms with Crippen LogP contribution in [0.25, 0.3) is 11.0 Å². The lowest BCUT2D eigenvalue weighted by molar-refractivity contribution is -0.125. The van der Waals surface area contributed by atoms with Crippen LogP contribution in [0.4, 0.5) is 10.5 Å². The Kier molecular flexibility index (Phi) is 5.26. The lowest BCUT2D eigenvalue weighted by Gasteiger charge is -2.38. The lowest BCUT2D eigenvalue weighted by Crippen LogP contribution is -2.58.